The molecule has 1 aromatic heterocycles. The highest BCUT2D eigenvalue weighted by atomic mass is 79.9. The molecule has 90 valence electrons. The summed E-state index contributed by atoms with van der Waals surface area (Å²) >= 11 is 6.87. The molecule has 0 aliphatic heterocycles. The quantitative estimate of drug-likeness (QED) is 0.896. The first-order valence-electron chi connectivity index (χ1n) is 5.07. The van der Waals surface area contributed by atoms with E-state index in [9.17, 15) is 0 Å². The number of nitrogens with zero attached hydrogens (tertiary/aromatic N) is 3. The van der Waals surface area contributed by atoms with Crippen LogP contribution in [0.3, 0.4) is 0 Å². The second kappa shape index (κ2) is 4.88. The fourth-order valence-electron chi connectivity index (χ4n) is 1.63. The zero-order valence-corrected chi connectivity index (χ0v) is 12.7. The summed E-state index contributed by atoms with van der Waals surface area (Å²) in [6.45, 7) is 2.04. The molecule has 1 aromatic carbocycles. The van der Waals surface area contributed by atoms with Gasteiger partial charge in [-0.1, -0.05) is 33.3 Å². The van der Waals surface area contributed by atoms with Crippen molar-refractivity contribution in [2.45, 2.75) is 13.0 Å². The van der Waals surface area contributed by atoms with E-state index >= 15 is 0 Å². The highest BCUT2D eigenvalue weighted by Crippen LogP contribution is 2.27. The summed E-state index contributed by atoms with van der Waals surface area (Å²) < 4.78 is 3.42. The van der Waals surface area contributed by atoms with Crippen LogP contribution in [0.15, 0.2) is 27.3 Å². The fourth-order valence-corrected chi connectivity index (χ4v) is 2.60. The van der Waals surface area contributed by atoms with Gasteiger partial charge < -0.3 is 5.73 Å². The first-order valence-corrected chi connectivity index (χ1v) is 6.66. The summed E-state index contributed by atoms with van der Waals surface area (Å²) in [6.07, 6.45) is 0. The van der Waals surface area contributed by atoms with E-state index in [0.717, 1.165) is 15.7 Å². The lowest BCUT2D eigenvalue weighted by molar-refractivity contribution is 0.650. The average Bonchev–Trinajstić information content (AvgIpc) is 2.62. The molecular formula is C11H12Br2N4. The van der Waals surface area contributed by atoms with Gasteiger partial charge in [0, 0.05) is 11.5 Å². The molecule has 0 radical (unpaired) electrons. The Kier molecular flexibility index (Phi) is 3.65. The summed E-state index contributed by atoms with van der Waals surface area (Å²) in [4.78, 5) is 0. The third-order valence-corrected chi connectivity index (χ3v) is 4.10. The normalized spacial score (nSPS) is 12.8. The van der Waals surface area contributed by atoms with Gasteiger partial charge in [-0.2, -0.15) is 0 Å². The van der Waals surface area contributed by atoms with Gasteiger partial charge in [0.25, 0.3) is 0 Å². The molecule has 2 N–H and O–H groups in total. The number of halogens is 2. The summed E-state index contributed by atoms with van der Waals surface area (Å²) in [5, 5.41) is 7.87. The van der Waals surface area contributed by atoms with Gasteiger partial charge in [-0.15, -0.1) is 5.10 Å². The molecule has 1 atom stereocenters. The molecule has 0 bridgehead atoms. The molecule has 0 spiro atoms. The summed E-state index contributed by atoms with van der Waals surface area (Å²) in [5.41, 5.74) is 9.30. The van der Waals surface area contributed by atoms with Gasteiger partial charge in [0.2, 0.25) is 0 Å². The molecule has 1 heterocycles. The van der Waals surface area contributed by atoms with Crippen molar-refractivity contribution in [3.8, 4) is 0 Å². The second-order valence-electron chi connectivity index (χ2n) is 3.88. The van der Waals surface area contributed by atoms with Crippen LogP contribution in [0.5, 0.6) is 0 Å². The topological polar surface area (TPSA) is 56.7 Å². The van der Waals surface area contributed by atoms with E-state index in [0.29, 0.717) is 4.60 Å². The molecule has 0 saturated carbocycles. The van der Waals surface area contributed by atoms with Crippen molar-refractivity contribution >= 4 is 31.9 Å². The maximum absolute atomic E-state index is 6.23. The Labute approximate surface area is 116 Å². The molecule has 17 heavy (non-hydrogen) atoms. The van der Waals surface area contributed by atoms with Gasteiger partial charge in [-0.25, -0.2) is 4.68 Å². The number of nitrogens with two attached hydrogens (primary N) is 1. The minimum Gasteiger partial charge on any atom is -0.319 e. The number of hydrogen-bond donors (Lipinski definition) is 1. The van der Waals surface area contributed by atoms with Crippen molar-refractivity contribution in [3.05, 3.63) is 44.1 Å². The first-order chi connectivity index (χ1) is 8.00. The number of aromatic nitrogens is 3. The Bertz CT molecular complexity index is 531. The Morgan fingerprint density at radius 3 is 2.59 bits per heavy atom. The third-order valence-electron chi connectivity index (χ3n) is 2.68. The van der Waals surface area contributed by atoms with Crippen molar-refractivity contribution < 1.29 is 0 Å². The summed E-state index contributed by atoms with van der Waals surface area (Å²) in [7, 11) is 1.83. The minimum atomic E-state index is -0.249. The van der Waals surface area contributed by atoms with Crippen LogP contribution in [0, 0.1) is 6.92 Å². The number of aryl methyl sites for hydroxylation is 2. The van der Waals surface area contributed by atoms with Crippen LogP contribution in [-0.2, 0) is 7.05 Å². The maximum atomic E-state index is 6.23. The Hall–Kier alpha value is -0.720. The van der Waals surface area contributed by atoms with E-state index < -0.39 is 0 Å². The second-order valence-corrected chi connectivity index (χ2v) is 5.48. The molecule has 4 nitrogen and oxygen atoms in total. The number of benzene rings is 1. The zero-order valence-electron chi connectivity index (χ0n) is 9.48. The molecule has 2 rings (SSSR count). The summed E-state index contributed by atoms with van der Waals surface area (Å²) in [5.74, 6) is 0. The van der Waals surface area contributed by atoms with E-state index in [2.05, 4.69) is 42.2 Å². The fraction of sp³-hybridized carbons (Fsp3) is 0.273. The van der Waals surface area contributed by atoms with Crippen LogP contribution >= 0.6 is 31.9 Å². The van der Waals surface area contributed by atoms with E-state index in [-0.39, 0.29) is 6.04 Å². The van der Waals surface area contributed by atoms with E-state index in [1.807, 2.05) is 32.2 Å². The van der Waals surface area contributed by atoms with Gasteiger partial charge in [-0.3, -0.25) is 0 Å². The Morgan fingerprint density at radius 1 is 1.35 bits per heavy atom. The molecular weight excluding hydrogens is 348 g/mol. The van der Waals surface area contributed by atoms with Crippen LogP contribution in [0.1, 0.15) is 22.9 Å². The molecule has 1 unspecified atom stereocenters. The molecule has 0 aliphatic carbocycles. The molecule has 0 aliphatic rings. The van der Waals surface area contributed by atoms with Crippen LogP contribution in [0.4, 0.5) is 0 Å². The standard InChI is InChI=1S/C11H12Br2N4/c1-6-3-4-7(5-8(6)12)9(14)10-11(13)15-16-17(10)2/h3-5,9H,14H2,1-2H3. The molecule has 0 saturated heterocycles. The van der Waals surface area contributed by atoms with Crippen molar-refractivity contribution in [2.24, 2.45) is 12.8 Å². The van der Waals surface area contributed by atoms with Crippen LogP contribution in [-0.4, -0.2) is 15.0 Å². The Morgan fingerprint density at radius 2 is 2.06 bits per heavy atom. The van der Waals surface area contributed by atoms with Crippen molar-refractivity contribution in [3.63, 3.8) is 0 Å². The lowest BCUT2D eigenvalue weighted by Crippen LogP contribution is -2.16. The number of rotatable bonds is 2. The van der Waals surface area contributed by atoms with Gasteiger partial charge in [0.1, 0.15) is 0 Å². The molecule has 6 heteroatoms. The van der Waals surface area contributed by atoms with E-state index in [4.69, 9.17) is 5.73 Å². The SMILES string of the molecule is Cc1ccc(C(N)c2c(Br)nnn2C)cc1Br. The van der Waals surface area contributed by atoms with E-state index in [1.165, 1.54) is 5.56 Å². The maximum Gasteiger partial charge on any atom is 0.153 e. The summed E-state index contributed by atoms with van der Waals surface area (Å²) in [6, 6.07) is 5.84. The lowest BCUT2D eigenvalue weighted by Gasteiger charge is -2.13. The third kappa shape index (κ3) is 2.43. The first kappa shape index (κ1) is 12.7. The molecule has 0 fully saturated rings. The van der Waals surface area contributed by atoms with E-state index in [1.54, 1.807) is 4.68 Å². The minimum absolute atomic E-state index is 0.249. The zero-order chi connectivity index (χ0) is 12.6. The smallest absolute Gasteiger partial charge is 0.153 e. The van der Waals surface area contributed by atoms with Crippen molar-refractivity contribution in [1.82, 2.24) is 15.0 Å². The monoisotopic (exact) mass is 358 g/mol. The largest absolute Gasteiger partial charge is 0.319 e. The predicted molar refractivity (Wildman–Crippen MR) is 73.6 cm³/mol. The van der Waals surface area contributed by atoms with Crippen LogP contribution in [0.2, 0.25) is 0 Å². The van der Waals surface area contributed by atoms with Gasteiger partial charge >= 0.3 is 0 Å². The van der Waals surface area contributed by atoms with Gasteiger partial charge in [-0.05, 0) is 40.0 Å². The van der Waals surface area contributed by atoms with Gasteiger partial charge in [0.15, 0.2) is 4.60 Å². The van der Waals surface area contributed by atoms with Crippen molar-refractivity contribution in [1.29, 1.82) is 0 Å². The Balaban J connectivity index is 2.43. The predicted octanol–water partition coefficient (Wildman–Crippen LogP) is 2.70. The highest BCUT2D eigenvalue weighted by molar-refractivity contribution is 9.10. The lowest BCUT2D eigenvalue weighted by atomic mass is 10.0. The highest BCUT2D eigenvalue weighted by Gasteiger charge is 2.18. The molecule has 0 amide bonds. The van der Waals surface area contributed by atoms with Gasteiger partial charge in [0.05, 0.1) is 11.7 Å². The van der Waals surface area contributed by atoms with Crippen molar-refractivity contribution in [2.75, 3.05) is 0 Å². The van der Waals surface area contributed by atoms with Crippen LogP contribution in [0.25, 0.3) is 0 Å². The average molecular weight is 360 g/mol. The van der Waals surface area contributed by atoms with Crippen LogP contribution < -0.4 is 5.73 Å². The number of hydrogen-bond acceptors (Lipinski definition) is 3. The molecule has 2 aromatic rings.